The molecule has 1 atom stereocenters. The van der Waals surface area contributed by atoms with E-state index in [4.69, 9.17) is 9.47 Å². The summed E-state index contributed by atoms with van der Waals surface area (Å²) >= 11 is 1.46. The minimum absolute atomic E-state index is 0.126. The molecule has 0 aliphatic carbocycles. The molecular formula is C24H23N3O4S. The van der Waals surface area contributed by atoms with Crippen molar-refractivity contribution in [2.24, 2.45) is 0 Å². The fourth-order valence-electron chi connectivity index (χ4n) is 3.13. The zero-order valence-corrected chi connectivity index (χ0v) is 18.6. The lowest BCUT2D eigenvalue weighted by Crippen LogP contribution is -2.32. The number of rotatable bonds is 8. The van der Waals surface area contributed by atoms with Crippen LogP contribution in [0.2, 0.25) is 0 Å². The lowest BCUT2D eigenvalue weighted by Gasteiger charge is -2.17. The summed E-state index contributed by atoms with van der Waals surface area (Å²) in [6, 6.07) is 17.8. The molecule has 4 aromatic rings. The Morgan fingerprint density at radius 3 is 2.59 bits per heavy atom. The van der Waals surface area contributed by atoms with Crippen LogP contribution in [0.25, 0.3) is 4.96 Å². The quantitative estimate of drug-likeness (QED) is 0.430. The van der Waals surface area contributed by atoms with Gasteiger partial charge >= 0.3 is 0 Å². The summed E-state index contributed by atoms with van der Waals surface area (Å²) in [7, 11) is 0. The van der Waals surface area contributed by atoms with Crippen LogP contribution in [0.3, 0.4) is 0 Å². The highest BCUT2D eigenvalue weighted by atomic mass is 32.1. The van der Waals surface area contributed by atoms with Crippen molar-refractivity contribution in [3.8, 4) is 11.5 Å². The number of para-hydroxylation sites is 1. The van der Waals surface area contributed by atoms with Crippen molar-refractivity contribution in [1.29, 1.82) is 0 Å². The number of nitrogens with zero attached hydrogens (tertiary/aromatic N) is 2. The van der Waals surface area contributed by atoms with E-state index in [9.17, 15) is 9.59 Å². The van der Waals surface area contributed by atoms with Crippen molar-refractivity contribution in [3.05, 3.63) is 87.8 Å². The third kappa shape index (κ3) is 5.15. The van der Waals surface area contributed by atoms with E-state index in [1.165, 1.54) is 21.8 Å². The van der Waals surface area contributed by atoms with Crippen molar-refractivity contribution in [2.75, 3.05) is 5.32 Å². The number of benzene rings is 2. The number of anilines is 1. The van der Waals surface area contributed by atoms with Gasteiger partial charge in [0.05, 0.1) is 5.69 Å². The zero-order chi connectivity index (χ0) is 22.5. The van der Waals surface area contributed by atoms with E-state index in [0.717, 1.165) is 4.88 Å². The fraction of sp³-hybridized carbons (Fsp3) is 0.208. The van der Waals surface area contributed by atoms with Gasteiger partial charge in [-0.15, -0.1) is 11.3 Å². The summed E-state index contributed by atoms with van der Waals surface area (Å²) in [6.07, 6.45) is 1.73. The molecule has 1 N–H and O–H groups in total. The van der Waals surface area contributed by atoms with Crippen LogP contribution in [-0.2, 0) is 11.4 Å². The lowest BCUT2D eigenvalue weighted by atomic mass is 10.2. The maximum absolute atomic E-state index is 12.6. The van der Waals surface area contributed by atoms with Crippen molar-refractivity contribution in [1.82, 2.24) is 9.38 Å². The standard InChI is InChI=1S/C24H23N3O4S/c1-3-21(31-20-7-5-4-6-8-20)23(29)25-17-9-11-19(12-10-17)30-15-18-13-22(28)27-14-16(2)32-24(27)26-18/h4-14,21H,3,15H2,1-2H3,(H,25,29)/t21-/m1/s1. The average Bonchev–Trinajstić information content (AvgIpc) is 3.18. The van der Waals surface area contributed by atoms with Crippen LogP contribution >= 0.6 is 11.3 Å². The van der Waals surface area contributed by atoms with E-state index in [2.05, 4.69) is 10.3 Å². The normalized spacial score (nSPS) is 11.8. The molecule has 0 saturated heterocycles. The molecule has 2 aromatic carbocycles. The van der Waals surface area contributed by atoms with Crippen LogP contribution in [0.4, 0.5) is 5.69 Å². The largest absolute Gasteiger partial charge is 0.487 e. The van der Waals surface area contributed by atoms with Gasteiger partial charge in [-0.2, -0.15) is 0 Å². The molecule has 4 rings (SSSR count). The Kier molecular flexibility index (Phi) is 6.51. The van der Waals surface area contributed by atoms with Gasteiger partial charge in [0, 0.05) is 22.8 Å². The van der Waals surface area contributed by atoms with Gasteiger partial charge < -0.3 is 14.8 Å². The predicted molar refractivity (Wildman–Crippen MR) is 125 cm³/mol. The first-order chi connectivity index (χ1) is 15.5. The van der Waals surface area contributed by atoms with Crippen molar-refractivity contribution in [3.63, 3.8) is 0 Å². The van der Waals surface area contributed by atoms with E-state index in [1.54, 1.807) is 30.5 Å². The average molecular weight is 450 g/mol. The Balaban J connectivity index is 1.35. The molecule has 0 bridgehead atoms. The Hall–Kier alpha value is -3.65. The zero-order valence-electron chi connectivity index (χ0n) is 17.8. The van der Waals surface area contributed by atoms with Crippen molar-refractivity contribution < 1.29 is 14.3 Å². The summed E-state index contributed by atoms with van der Waals surface area (Å²) < 4.78 is 13.1. The predicted octanol–water partition coefficient (Wildman–Crippen LogP) is 4.44. The second-order valence-corrected chi connectivity index (χ2v) is 8.42. The topological polar surface area (TPSA) is 81.9 Å². The van der Waals surface area contributed by atoms with Crippen LogP contribution in [0.5, 0.6) is 11.5 Å². The van der Waals surface area contributed by atoms with Crippen LogP contribution in [-0.4, -0.2) is 21.4 Å². The van der Waals surface area contributed by atoms with Gasteiger partial charge in [0.2, 0.25) is 0 Å². The van der Waals surface area contributed by atoms with E-state index < -0.39 is 6.10 Å². The second kappa shape index (κ2) is 9.65. The number of aryl methyl sites for hydroxylation is 1. The molecule has 32 heavy (non-hydrogen) atoms. The van der Waals surface area contributed by atoms with Crippen LogP contribution in [0.15, 0.2) is 71.7 Å². The molecule has 0 aliphatic rings. The first kappa shape index (κ1) is 21.6. The Labute approximate surface area is 189 Å². The molecule has 164 valence electrons. The van der Waals surface area contributed by atoms with Gasteiger partial charge in [-0.1, -0.05) is 25.1 Å². The van der Waals surface area contributed by atoms with Crippen LogP contribution in [0, 0.1) is 6.92 Å². The summed E-state index contributed by atoms with van der Waals surface area (Å²) in [5.41, 5.74) is 1.08. The molecule has 0 spiro atoms. The molecule has 0 aliphatic heterocycles. The molecule has 1 amide bonds. The third-order valence-electron chi connectivity index (χ3n) is 4.73. The van der Waals surface area contributed by atoms with E-state index in [1.807, 2.05) is 44.2 Å². The smallest absolute Gasteiger partial charge is 0.265 e. The number of amides is 1. The maximum Gasteiger partial charge on any atom is 0.265 e. The SMILES string of the molecule is CC[C@@H](Oc1ccccc1)C(=O)Nc1ccc(OCc2cc(=O)n3cc(C)sc3n2)cc1. The molecule has 0 radical (unpaired) electrons. The van der Waals surface area contributed by atoms with E-state index >= 15 is 0 Å². The van der Waals surface area contributed by atoms with E-state index in [-0.39, 0.29) is 18.1 Å². The van der Waals surface area contributed by atoms with E-state index in [0.29, 0.717) is 34.3 Å². The first-order valence-electron chi connectivity index (χ1n) is 10.3. The Morgan fingerprint density at radius 2 is 1.88 bits per heavy atom. The van der Waals surface area contributed by atoms with Gasteiger partial charge in [-0.3, -0.25) is 14.0 Å². The highest BCUT2D eigenvalue weighted by Crippen LogP contribution is 2.19. The molecule has 2 aromatic heterocycles. The van der Waals surface area contributed by atoms with Crippen molar-refractivity contribution in [2.45, 2.75) is 33.0 Å². The van der Waals surface area contributed by atoms with Gasteiger partial charge in [-0.25, -0.2) is 4.98 Å². The molecule has 0 saturated carbocycles. The van der Waals surface area contributed by atoms with Crippen molar-refractivity contribution >= 4 is 27.9 Å². The first-order valence-corrected chi connectivity index (χ1v) is 11.1. The summed E-state index contributed by atoms with van der Waals surface area (Å²) in [5.74, 6) is 1.05. The third-order valence-corrected chi connectivity index (χ3v) is 5.63. The van der Waals surface area contributed by atoms with Gasteiger partial charge in [0.15, 0.2) is 11.1 Å². The van der Waals surface area contributed by atoms with Gasteiger partial charge in [0.25, 0.3) is 11.5 Å². The molecule has 2 heterocycles. The number of carbonyl (C=O) groups excluding carboxylic acids is 1. The van der Waals surface area contributed by atoms with Gasteiger partial charge in [0.1, 0.15) is 18.1 Å². The minimum atomic E-state index is -0.589. The fourth-order valence-corrected chi connectivity index (χ4v) is 3.98. The lowest BCUT2D eigenvalue weighted by molar-refractivity contribution is -0.122. The molecule has 0 fully saturated rings. The number of hydrogen-bond donors (Lipinski definition) is 1. The number of ether oxygens (including phenoxy) is 2. The van der Waals surface area contributed by atoms with Crippen LogP contribution < -0.4 is 20.3 Å². The number of nitrogens with one attached hydrogen (secondary N) is 1. The Morgan fingerprint density at radius 1 is 1.12 bits per heavy atom. The highest BCUT2D eigenvalue weighted by molar-refractivity contribution is 7.16. The monoisotopic (exact) mass is 449 g/mol. The maximum atomic E-state index is 12.6. The Bertz CT molecular complexity index is 1270. The minimum Gasteiger partial charge on any atom is -0.487 e. The summed E-state index contributed by atoms with van der Waals surface area (Å²) in [4.78, 5) is 30.9. The number of carbonyl (C=O) groups is 1. The number of thiazole rings is 1. The summed E-state index contributed by atoms with van der Waals surface area (Å²) in [5, 5.41) is 2.87. The molecule has 7 nitrogen and oxygen atoms in total. The highest BCUT2D eigenvalue weighted by Gasteiger charge is 2.18. The van der Waals surface area contributed by atoms with Gasteiger partial charge in [-0.05, 0) is 49.7 Å². The molecular weight excluding hydrogens is 426 g/mol. The molecule has 8 heteroatoms. The number of aromatic nitrogens is 2. The number of fused-ring (bicyclic) bond motifs is 1. The number of hydrogen-bond acceptors (Lipinski definition) is 6. The molecule has 0 unspecified atom stereocenters. The second-order valence-electron chi connectivity index (χ2n) is 7.21. The van der Waals surface area contributed by atoms with Crippen LogP contribution in [0.1, 0.15) is 23.9 Å². The summed E-state index contributed by atoms with van der Waals surface area (Å²) in [6.45, 7) is 4.02.